The van der Waals surface area contributed by atoms with Gasteiger partial charge < -0.3 is 14.3 Å². The molecule has 1 N–H and O–H groups in total. The summed E-state index contributed by atoms with van der Waals surface area (Å²) in [4.78, 5) is 26.3. The first-order valence-electron chi connectivity index (χ1n) is 8.19. The van der Waals surface area contributed by atoms with Gasteiger partial charge in [0.15, 0.2) is 11.3 Å². The number of imide groups is 1. The molecule has 7 heteroatoms. The van der Waals surface area contributed by atoms with Crippen LogP contribution in [-0.2, 0) is 16.9 Å². The number of urea groups is 1. The van der Waals surface area contributed by atoms with Crippen molar-refractivity contribution in [1.82, 2.24) is 15.4 Å². The zero-order chi connectivity index (χ0) is 18.3. The number of rotatable bonds is 4. The fraction of sp³-hybridized carbons (Fsp3) is 0.211. The molecule has 3 amide bonds. The average Bonchev–Trinajstić information content (AvgIpc) is 3.33. The molecule has 0 spiro atoms. The summed E-state index contributed by atoms with van der Waals surface area (Å²) in [6.07, 6.45) is 0. The Hall–Kier alpha value is -3.35. The summed E-state index contributed by atoms with van der Waals surface area (Å²) in [5, 5.41) is 6.71. The lowest BCUT2D eigenvalue weighted by molar-refractivity contribution is -0.132. The van der Waals surface area contributed by atoms with E-state index in [1.807, 2.05) is 30.3 Å². The number of benzene rings is 1. The maximum absolute atomic E-state index is 12.8. The molecule has 1 atom stereocenters. The highest BCUT2D eigenvalue weighted by Crippen LogP contribution is 2.31. The molecule has 0 bridgehead atoms. The summed E-state index contributed by atoms with van der Waals surface area (Å²) in [6, 6.07) is 14.2. The smallest absolute Gasteiger partial charge is 0.325 e. The highest BCUT2D eigenvalue weighted by Gasteiger charge is 2.51. The van der Waals surface area contributed by atoms with Gasteiger partial charge in [-0.05, 0) is 26.0 Å². The van der Waals surface area contributed by atoms with E-state index in [1.54, 1.807) is 32.0 Å². The van der Waals surface area contributed by atoms with Crippen molar-refractivity contribution < 1.29 is 18.5 Å². The van der Waals surface area contributed by atoms with Crippen molar-refractivity contribution in [3.8, 4) is 11.3 Å². The SMILES string of the molecule is Cc1ccc(C2(C)NC(=O)N(Cc3cc(-c4ccccc4)no3)C2=O)o1. The Morgan fingerprint density at radius 1 is 1.15 bits per heavy atom. The maximum atomic E-state index is 12.8. The summed E-state index contributed by atoms with van der Waals surface area (Å²) in [7, 11) is 0. The number of nitrogens with zero attached hydrogens (tertiary/aromatic N) is 2. The van der Waals surface area contributed by atoms with E-state index in [-0.39, 0.29) is 6.54 Å². The number of hydrogen-bond donors (Lipinski definition) is 1. The molecule has 26 heavy (non-hydrogen) atoms. The van der Waals surface area contributed by atoms with Gasteiger partial charge >= 0.3 is 6.03 Å². The van der Waals surface area contributed by atoms with Crippen molar-refractivity contribution in [2.75, 3.05) is 0 Å². The van der Waals surface area contributed by atoms with Crippen LogP contribution in [0.3, 0.4) is 0 Å². The number of amides is 3. The Bertz CT molecular complexity index is 976. The van der Waals surface area contributed by atoms with E-state index in [2.05, 4.69) is 10.5 Å². The largest absolute Gasteiger partial charge is 0.463 e. The Morgan fingerprint density at radius 2 is 1.92 bits per heavy atom. The first-order chi connectivity index (χ1) is 12.5. The number of aryl methyl sites for hydroxylation is 1. The lowest BCUT2D eigenvalue weighted by atomic mass is 9.99. The number of furan rings is 1. The van der Waals surface area contributed by atoms with E-state index in [0.29, 0.717) is 23.0 Å². The van der Waals surface area contributed by atoms with E-state index in [4.69, 9.17) is 8.94 Å². The maximum Gasteiger partial charge on any atom is 0.325 e. The van der Waals surface area contributed by atoms with Gasteiger partial charge in [-0.15, -0.1) is 0 Å². The number of carbonyl (C=O) groups is 2. The predicted molar refractivity (Wildman–Crippen MR) is 91.8 cm³/mol. The third kappa shape index (κ3) is 2.57. The van der Waals surface area contributed by atoms with Crippen LogP contribution in [0, 0.1) is 6.92 Å². The molecule has 1 aliphatic rings. The molecular formula is C19H17N3O4. The minimum absolute atomic E-state index is 0.000217. The molecule has 1 aromatic carbocycles. The standard InChI is InChI=1S/C19H17N3O4/c1-12-8-9-16(25-12)19(2)17(23)22(18(24)20-19)11-14-10-15(21-26-14)13-6-4-3-5-7-13/h3-10H,11H2,1-2H3,(H,20,24). The van der Waals surface area contributed by atoms with Crippen LogP contribution in [0.4, 0.5) is 4.79 Å². The molecule has 4 rings (SSSR count). The summed E-state index contributed by atoms with van der Waals surface area (Å²) in [5.74, 6) is 1.10. The number of hydrogen-bond acceptors (Lipinski definition) is 5. The number of carbonyl (C=O) groups excluding carboxylic acids is 2. The van der Waals surface area contributed by atoms with Gasteiger partial charge in [-0.2, -0.15) is 0 Å². The van der Waals surface area contributed by atoms with Crippen molar-refractivity contribution >= 4 is 11.9 Å². The van der Waals surface area contributed by atoms with Gasteiger partial charge in [0.1, 0.15) is 17.2 Å². The highest BCUT2D eigenvalue weighted by atomic mass is 16.5. The summed E-state index contributed by atoms with van der Waals surface area (Å²) < 4.78 is 10.9. The number of nitrogens with one attached hydrogen (secondary N) is 1. The van der Waals surface area contributed by atoms with Gasteiger partial charge in [0.05, 0.1) is 6.54 Å². The zero-order valence-electron chi connectivity index (χ0n) is 14.4. The molecule has 7 nitrogen and oxygen atoms in total. The van der Waals surface area contributed by atoms with Gasteiger partial charge in [0.2, 0.25) is 0 Å². The molecule has 1 saturated heterocycles. The van der Waals surface area contributed by atoms with Crippen molar-refractivity contribution in [1.29, 1.82) is 0 Å². The van der Waals surface area contributed by atoms with Gasteiger partial charge in [-0.25, -0.2) is 4.79 Å². The zero-order valence-corrected chi connectivity index (χ0v) is 14.4. The van der Waals surface area contributed by atoms with Crippen LogP contribution in [0.2, 0.25) is 0 Å². The Morgan fingerprint density at radius 3 is 2.62 bits per heavy atom. The van der Waals surface area contributed by atoms with Crippen molar-refractivity contribution in [3.63, 3.8) is 0 Å². The summed E-state index contributed by atoms with van der Waals surface area (Å²) in [5.41, 5.74) is 0.320. The topological polar surface area (TPSA) is 88.6 Å². The van der Waals surface area contributed by atoms with E-state index in [0.717, 1.165) is 10.5 Å². The van der Waals surface area contributed by atoms with Crippen LogP contribution in [0.1, 0.15) is 24.2 Å². The molecule has 1 aliphatic heterocycles. The molecule has 2 aromatic heterocycles. The van der Waals surface area contributed by atoms with Crippen molar-refractivity contribution in [2.24, 2.45) is 0 Å². The second-order valence-corrected chi connectivity index (χ2v) is 6.40. The average molecular weight is 351 g/mol. The summed E-state index contributed by atoms with van der Waals surface area (Å²) >= 11 is 0. The van der Waals surface area contributed by atoms with Gasteiger partial charge in [-0.3, -0.25) is 9.69 Å². The molecule has 3 heterocycles. The molecule has 132 valence electrons. The fourth-order valence-corrected chi connectivity index (χ4v) is 3.00. The lowest BCUT2D eigenvalue weighted by Crippen LogP contribution is -2.40. The predicted octanol–water partition coefficient (Wildman–Crippen LogP) is 3.21. The molecule has 3 aromatic rings. The quantitative estimate of drug-likeness (QED) is 0.729. The first kappa shape index (κ1) is 16.1. The minimum atomic E-state index is -1.23. The van der Waals surface area contributed by atoms with Gasteiger partial charge in [-0.1, -0.05) is 35.5 Å². The fourth-order valence-electron chi connectivity index (χ4n) is 3.00. The lowest BCUT2D eigenvalue weighted by Gasteiger charge is -2.18. The Balaban J connectivity index is 1.57. The highest BCUT2D eigenvalue weighted by molar-refractivity contribution is 6.06. The molecule has 0 saturated carbocycles. The van der Waals surface area contributed by atoms with Gasteiger partial charge in [0, 0.05) is 11.6 Å². The monoisotopic (exact) mass is 351 g/mol. The van der Waals surface area contributed by atoms with Crippen LogP contribution in [-0.4, -0.2) is 22.0 Å². The molecular weight excluding hydrogens is 334 g/mol. The minimum Gasteiger partial charge on any atom is -0.463 e. The van der Waals surface area contributed by atoms with E-state index >= 15 is 0 Å². The molecule has 0 radical (unpaired) electrons. The van der Waals surface area contributed by atoms with Crippen LogP contribution in [0.25, 0.3) is 11.3 Å². The van der Waals surface area contributed by atoms with Crippen molar-refractivity contribution in [2.45, 2.75) is 25.9 Å². The van der Waals surface area contributed by atoms with Gasteiger partial charge in [0.25, 0.3) is 5.91 Å². The molecule has 0 aliphatic carbocycles. The number of aromatic nitrogens is 1. The second-order valence-electron chi connectivity index (χ2n) is 6.40. The van der Waals surface area contributed by atoms with E-state index < -0.39 is 17.5 Å². The Kier molecular flexibility index (Phi) is 3.64. The molecule has 1 fully saturated rings. The van der Waals surface area contributed by atoms with Crippen LogP contribution in [0.5, 0.6) is 0 Å². The van der Waals surface area contributed by atoms with E-state index in [9.17, 15) is 9.59 Å². The third-order valence-electron chi connectivity index (χ3n) is 4.45. The first-order valence-corrected chi connectivity index (χ1v) is 8.19. The van der Waals surface area contributed by atoms with E-state index in [1.165, 1.54) is 0 Å². The van der Waals surface area contributed by atoms with Crippen LogP contribution < -0.4 is 5.32 Å². The van der Waals surface area contributed by atoms with Crippen LogP contribution >= 0.6 is 0 Å². The van der Waals surface area contributed by atoms with Crippen molar-refractivity contribution in [3.05, 3.63) is 65.8 Å². The Labute approximate surface area is 149 Å². The summed E-state index contributed by atoms with van der Waals surface area (Å²) in [6.45, 7) is 3.41. The molecule has 1 unspecified atom stereocenters. The normalized spacial score (nSPS) is 19.8. The van der Waals surface area contributed by atoms with Crippen LogP contribution in [0.15, 0.2) is 57.5 Å². The second kappa shape index (κ2) is 5.87. The third-order valence-corrected chi connectivity index (χ3v) is 4.45.